The molecule has 2 heterocycles. The van der Waals surface area contributed by atoms with E-state index in [2.05, 4.69) is 0 Å². The van der Waals surface area contributed by atoms with Crippen LogP contribution in [0.2, 0.25) is 0 Å². The molecule has 29 heavy (non-hydrogen) atoms. The number of carbonyl (C=O) groups is 1. The number of benzene rings is 2. The van der Waals surface area contributed by atoms with Gasteiger partial charge in [0.1, 0.15) is 5.75 Å². The summed E-state index contributed by atoms with van der Waals surface area (Å²) in [7, 11) is -2.00. The molecular weight excluding hydrogens is 390 g/mol. The van der Waals surface area contributed by atoms with E-state index in [9.17, 15) is 13.2 Å². The molecule has 1 saturated heterocycles. The number of amides is 1. The highest BCUT2D eigenvalue weighted by molar-refractivity contribution is 7.94. The highest BCUT2D eigenvalue weighted by Crippen LogP contribution is 2.42. The standard InChI is InChI=1S/C21H25N3O4S/c1-16(28-18-8-4-3-5-9-18)21(25)23-14-12-17(13-15-23)24-20-11-7-6-10-19(20)22(2)29(24,26)27/h3-11,16-17H,12-15H2,1-2H3/t16-/m1/s1. The summed E-state index contributed by atoms with van der Waals surface area (Å²) in [6.45, 7) is 2.76. The summed E-state index contributed by atoms with van der Waals surface area (Å²) in [6.07, 6.45) is 0.590. The van der Waals surface area contributed by atoms with E-state index in [0.29, 0.717) is 43.1 Å². The molecule has 2 aliphatic rings. The topological polar surface area (TPSA) is 70.2 Å². The molecule has 1 atom stereocenters. The molecule has 0 radical (unpaired) electrons. The number of ether oxygens (including phenoxy) is 1. The molecule has 0 saturated carbocycles. The van der Waals surface area contributed by atoms with Crippen LogP contribution in [0.5, 0.6) is 5.75 Å². The van der Waals surface area contributed by atoms with Crippen molar-refractivity contribution in [3.63, 3.8) is 0 Å². The second kappa shape index (κ2) is 7.59. The third-order valence-electron chi connectivity index (χ3n) is 5.56. The van der Waals surface area contributed by atoms with Crippen LogP contribution in [-0.2, 0) is 15.0 Å². The predicted molar refractivity (Wildman–Crippen MR) is 112 cm³/mol. The van der Waals surface area contributed by atoms with Gasteiger partial charge in [0.25, 0.3) is 5.91 Å². The van der Waals surface area contributed by atoms with Gasteiger partial charge in [-0.3, -0.25) is 9.10 Å². The third kappa shape index (κ3) is 3.53. The molecule has 1 amide bonds. The molecule has 0 unspecified atom stereocenters. The molecule has 0 aromatic heterocycles. The Morgan fingerprint density at radius 2 is 1.59 bits per heavy atom. The number of carbonyl (C=O) groups excluding carboxylic acids is 1. The van der Waals surface area contributed by atoms with Gasteiger partial charge in [-0.1, -0.05) is 30.3 Å². The summed E-state index contributed by atoms with van der Waals surface area (Å²) in [6, 6.07) is 16.4. The number of likely N-dealkylation sites (tertiary alicyclic amines) is 1. The van der Waals surface area contributed by atoms with Crippen molar-refractivity contribution in [2.45, 2.75) is 31.9 Å². The largest absolute Gasteiger partial charge is 0.481 e. The van der Waals surface area contributed by atoms with Gasteiger partial charge in [0, 0.05) is 20.1 Å². The molecule has 7 nitrogen and oxygen atoms in total. The lowest BCUT2D eigenvalue weighted by Crippen LogP contribution is -2.51. The molecule has 2 aromatic carbocycles. The van der Waals surface area contributed by atoms with Crippen molar-refractivity contribution in [3.8, 4) is 5.75 Å². The van der Waals surface area contributed by atoms with Gasteiger partial charge in [-0.05, 0) is 44.0 Å². The fourth-order valence-electron chi connectivity index (χ4n) is 4.01. The molecule has 0 aliphatic carbocycles. The zero-order valence-electron chi connectivity index (χ0n) is 16.6. The second-order valence-corrected chi connectivity index (χ2v) is 9.23. The fourth-order valence-corrected chi connectivity index (χ4v) is 5.67. The molecule has 1 fully saturated rings. The Morgan fingerprint density at radius 1 is 1.00 bits per heavy atom. The smallest absolute Gasteiger partial charge is 0.326 e. The van der Waals surface area contributed by atoms with E-state index in [1.54, 1.807) is 18.9 Å². The van der Waals surface area contributed by atoms with Crippen molar-refractivity contribution < 1.29 is 17.9 Å². The Labute approximate surface area is 171 Å². The van der Waals surface area contributed by atoms with Crippen molar-refractivity contribution in [1.82, 2.24) is 4.90 Å². The lowest BCUT2D eigenvalue weighted by molar-refractivity contribution is -0.138. The summed E-state index contributed by atoms with van der Waals surface area (Å²) < 4.78 is 34.5. The minimum Gasteiger partial charge on any atom is -0.481 e. The number of fused-ring (bicyclic) bond motifs is 1. The number of rotatable bonds is 4. The number of hydrogen-bond donors (Lipinski definition) is 0. The first-order valence-electron chi connectivity index (χ1n) is 9.77. The van der Waals surface area contributed by atoms with E-state index in [0.717, 1.165) is 0 Å². The van der Waals surface area contributed by atoms with Crippen LogP contribution in [0, 0.1) is 0 Å². The van der Waals surface area contributed by atoms with E-state index in [1.165, 1.54) is 8.61 Å². The van der Waals surface area contributed by atoms with E-state index in [4.69, 9.17) is 4.74 Å². The van der Waals surface area contributed by atoms with Gasteiger partial charge in [-0.2, -0.15) is 8.42 Å². The van der Waals surface area contributed by atoms with Crippen LogP contribution in [0.1, 0.15) is 19.8 Å². The van der Waals surface area contributed by atoms with Crippen molar-refractivity contribution in [1.29, 1.82) is 0 Å². The molecule has 0 N–H and O–H groups in total. The summed E-state index contributed by atoms with van der Waals surface area (Å²) in [5.74, 6) is 0.583. The van der Waals surface area contributed by atoms with Gasteiger partial charge in [0.15, 0.2) is 6.10 Å². The van der Waals surface area contributed by atoms with Crippen LogP contribution < -0.4 is 13.3 Å². The minimum atomic E-state index is -3.58. The predicted octanol–water partition coefficient (Wildman–Crippen LogP) is 2.65. The quantitative estimate of drug-likeness (QED) is 0.770. The summed E-state index contributed by atoms with van der Waals surface area (Å²) in [5.41, 5.74) is 1.40. The Morgan fingerprint density at radius 3 is 2.24 bits per heavy atom. The van der Waals surface area contributed by atoms with E-state index in [1.807, 2.05) is 54.6 Å². The Kier molecular flexibility index (Phi) is 5.12. The summed E-state index contributed by atoms with van der Waals surface area (Å²) in [4.78, 5) is 14.5. The van der Waals surface area contributed by atoms with Crippen molar-refractivity contribution in [2.24, 2.45) is 0 Å². The van der Waals surface area contributed by atoms with Crippen molar-refractivity contribution >= 4 is 27.5 Å². The number of anilines is 2. The lowest BCUT2D eigenvalue weighted by Gasteiger charge is -2.37. The van der Waals surface area contributed by atoms with Crippen LogP contribution in [0.4, 0.5) is 11.4 Å². The fraction of sp³-hybridized carbons (Fsp3) is 0.381. The maximum absolute atomic E-state index is 12.9. The van der Waals surface area contributed by atoms with Gasteiger partial charge >= 0.3 is 10.2 Å². The highest BCUT2D eigenvalue weighted by atomic mass is 32.2. The van der Waals surface area contributed by atoms with Gasteiger partial charge in [-0.25, -0.2) is 4.31 Å². The SMILES string of the molecule is C[C@@H](Oc1ccccc1)C(=O)N1CCC(N2c3ccccc3N(C)S2(=O)=O)CC1. The summed E-state index contributed by atoms with van der Waals surface area (Å²) >= 11 is 0. The van der Waals surface area contributed by atoms with Crippen LogP contribution in [0.3, 0.4) is 0 Å². The Hall–Kier alpha value is -2.74. The maximum Gasteiger partial charge on any atom is 0.326 e. The molecule has 154 valence electrons. The van der Waals surface area contributed by atoms with Crippen LogP contribution in [0.25, 0.3) is 0 Å². The molecule has 0 bridgehead atoms. The number of nitrogens with zero attached hydrogens (tertiary/aromatic N) is 3. The lowest BCUT2D eigenvalue weighted by atomic mass is 10.0. The van der Waals surface area contributed by atoms with E-state index < -0.39 is 16.3 Å². The van der Waals surface area contributed by atoms with Gasteiger partial charge in [-0.15, -0.1) is 0 Å². The monoisotopic (exact) mass is 415 g/mol. The maximum atomic E-state index is 12.9. The highest BCUT2D eigenvalue weighted by Gasteiger charge is 2.43. The first kappa shape index (κ1) is 19.6. The molecule has 2 aliphatic heterocycles. The summed E-state index contributed by atoms with van der Waals surface area (Å²) in [5, 5.41) is 0. The Balaban J connectivity index is 1.42. The van der Waals surface area contributed by atoms with E-state index in [-0.39, 0.29) is 11.9 Å². The van der Waals surface area contributed by atoms with Gasteiger partial charge < -0.3 is 9.64 Å². The van der Waals surface area contributed by atoms with Gasteiger partial charge in [0.2, 0.25) is 0 Å². The first-order chi connectivity index (χ1) is 13.9. The van der Waals surface area contributed by atoms with Crippen molar-refractivity contribution in [3.05, 3.63) is 54.6 Å². The van der Waals surface area contributed by atoms with Crippen LogP contribution >= 0.6 is 0 Å². The average Bonchev–Trinajstić information content (AvgIpc) is 2.94. The molecule has 4 rings (SSSR count). The van der Waals surface area contributed by atoms with Crippen molar-refractivity contribution in [2.75, 3.05) is 28.7 Å². The van der Waals surface area contributed by atoms with Crippen LogP contribution in [-0.4, -0.2) is 51.5 Å². The zero-order chi connectivity index (χ0) is 20.6. The normalized spacial score (nSPS) is 19.7. The van der Waals surface area contributed by atoms with Gasteiger partial charge in [0.05, 0.1) is 17.4 Å². The molecule has 2 aromatic rings. The first-order valence-corrected chi connectivity index (χ1v) is 11.2. The average molecular weight is 416 g/mol. The molecular formula is C21H25N3O4S. The minimum absolute atomic E-state index is 0.0749. The third-order valence-corrected chi connectivity index (χ3v) is 7.45. The number of hydrogen-bond acceptors (Lipinski definition) is 4. The van der Waals surface area contributed by atoms with Crippen LogP contribution in [0.15, 0.2) is 54.6 Å². The Bertz CT molecular complexity index is 988. The molecule has 0 spiro atoms. The number of piperidine rings is 1. The zero-order valence-corrected chi connectivity index (χ0v) is 17.4. The number of para-hydroxylation sites is 3. The van der Waals surface area contributed by atoms with E-state index >= 15 is 0 Å². The second-order valence-electron chi connectivity index (χ2n) is 7.39. The molecule has 8 heteroatoms.